The zero-order chi connectivity index (χ0) is 17.6. The second-order valence-corrected chi connectivity index (χ2v) is 10.5. The summed E-state index contributed by atoms with van der Waals surface area (Å²) in [7, 11) is 2.05. The minimum atomic E-state index is -0.749. The number of likely N-dealkylation sites (N-methyl/N-ethyl adjacent to an activating group) is 1. The van der Waals surface area contributed by atoms with E-state index in [1.165, 1.54) is 32.1 Å². The predicted octanol–water partition coefficient (Wildman–Crippen LogP) is 2.80. The van der Waals surface area contributed by atoms with Crippen LogP contribution in [-0.4, -0.2) is 42.1 Å². The van der Waals surface area contributed by atoms with Crippen molar-refractivity contribution in [2.45, 2.75) is 76.5 Å². The lowest BCUT2D eigenvalue weighted by Gasteiger charge is -2.66. The van der Waals surface area contributed by atoms with Crippen molar-refractivity contribution in [2.24, 2.45) is 40.7 Å². The van der Waals surface area contributed by atoms with Crippen LogP contribution < -0.4 is 5.73 Å². The van der Waals surface area contributed by atoms with Crippen molar-refractivity contribution in [3.8, 4) is 0 Å². The van der Waals surface area contributed by atoms with Gasteiger partial charge in [0.15, 0.2) is 0 Å². The van der Waals surface area contributed by atoms with Crippen molar-refractivity contribution in [1.29, 1.82) is 0 Å². The number of fused-ring (bicyclic) bond motifs is 1. The van der Waals surface area contributed by atoms with E-state index in [2.05, 4.69) is 25.8 Å². The van der Waals surface area contributed by atoms with Gasteiger partial charge in [0.05, 0.1) is 6.10 Å². The fourth-order valence-electron chi connectivity index (χ4n) is 7.97. The van der Waals surface area contributed by atoms with E-state index in [0.29, 0.717) is 6.04 Å². The second kappa shape index (κ2) is 5.22. The minimum Gasteiger partial charge on any atom is -0.377 e. The number of hydrogen-bond acceptors (Lipinski definition) is 3. The lowest BCUT2D eigenvalue weighted by molar-refractivity contribution is -0.232. The molecule has 0 spiro atoms. The fourth-order valence-corrected chi connectivity index (χ4v) is 7.97. The van der Waals surface area contributed by atoms with Crippen molar-refractivity contribution in [1.82, 2.24) is 4.90 Å². The number of amides is 1. The maximum absolute atomic E-state index is 13.7. The van der Waals surface area contributed by atoms with Crippen LogP contribution >= 0.6 is 0 Å². The van der Waals surface area contributed by atoms with Crippen molar-refractivity contribution in [3.05, 3.63) is 0 Å². The van der Waals surface area contributed by atoms with Gasteiger partial charge in [-0.15, -0.1) is 0 Å². The first-order valence-electron chi connectivity index (χ1n) is 10.5. The van der Waals surface area contributed by atoms with Crippen LogP contribution in [0, 0.1) is 35.0 Å². The number of carbonyl (C=O) groups is 1. The molecular formula is C21H34N2O2. The van der Waals surface area contributed by atoms with E-state index < -0.39 is 5.54 Å². The molecule has 5 aliphatic carbocycles. The zero-order valence-corrected chi connectivity index (χ0v) is 16.0. The van der Waals surface area contributed by atoms with E-state index >= 15 is 0 Å². The first kappa shape index (κ1) is 16.6. The molecule has 6 rings (SSSR count). The molecule has 2 N–H and O–H groups in total. The van der Waals surface area contributed by atoms with Gasteiger partial charge in [-0.3, -0.25) is 4.79 Å². The Hall–Kier alpha value is -0.610. The molecule has 1 aliphatic heterocycles. The molecule has 4 nitrogen and oxygen atoms in total. The Morgan fingerprint density at radius 1 is 1.08 bits per heavy atom. The molecule has 4 bridgehead atoms. The van der Waals surface area contributed by atoms with Crippen LogP contribution in [0.3, 0.4) is 0 Å². The number of rotatable bonds is 2. The highest BCUT2D eigenvalue weighted by Crippen LogP contribution is 2.59. The van der Waals surface area contributed by atoms with Gasteiger partial charge in [0.2, 0.25) is 5.91 Å². The maximum Gasteiger partial charge on any atom is 0.243 e. The summed E-state index contributed by atoms with van der Waals surface area (Å²) in [5.74, 6) is 3.70. The summed E-state index contributed by atoms with van der Waals surface area (Å²) in [4.78, 5) is 15.8. The van der Waals surface area contributed by atoms with E-state index in [1.807, 2.05) is 0 Å². The van der Waals surface area contributed by atoms with Crippen LogP contribution in [0.25, 0.3) is 0 Å². The number of nitrogens with two attached hydrogens (primary N) is 1. The third-order valence-electron chi connectivity index (χ3n) is 8.98. The van der Waals surface area contributed by atoms with E-state index in [1.54, 1.807) is 0 Å². The summed E-state index contributed by atoms with van der Waals surface area (Å²) in [5.41, 5.74) is 5.88. The summed E-state index contributed by atoms with van der Waals surface area (Å²) in [6.45, 7) is 5.10. The summed E-state index contributed by atoms with van der Waals surface area (Å²) in [5, 5.41) is 0. The second-order valence-electron chi connectivity index (χ2n) is 10.5. The van der Waals surface area contributed by atoms with Gasteiger partial charge in [-0.25, -0.2) is 0 Å². The topological polar surface area (TPSA) is 55.6 Å². The van der Waals surface area contributed by atoms with Gasteiger partial charge in [0, 0.05) is 31.0 Å². The first-order chi connectivity index (χ1) is 11.8. The van der Waals surface area contributed by atoms with Crippen molar-refractivity contribution in [2.75, 3.05) is 13.7 Å². The molecule has 0 aromatic carbocycles. The Morgan fingerprint density at radius 3 is 2.28 bits per heavy atom. The third-order valence-corrected chi connectivity index (χ3v) is 8.98. The highest BCUT2D eigenvalue weighted by atomic mass is 16.5. The molecule has 1 amide bonds. The van der Waals surface area contributed by atoms with Crippen LogP contribution in [0.1, 0.15) is 58.8 Å². The van der Waals surface area contributed by atoms with Gasteiger partial charge in [0.1, 0.15) is 5.54 Å². The van der Waals surface area contributed by atoms with Gasteiger partial charge in [0.25, 0.3) is 0 Å². The highest BCUT2D eigenvalue weighted by Gasteiger charge is 2.71. The molecule has 5 saturated carbocycles. The Morgan fingerprint density at radius 2 is 1.68 bits per heavy atom. The monoisotopic (exact) mass is 346 g/mol. The van der Waals surface area contributed by atoms with Crippen LogP contribution in [0.2, 0.25) is 0 Å². The largest absolute Gasteiger partial charge is 0.377 e. The predicted molar refractivity (Wildman–Crippen MR) is 96.8 cm³/mol. The Kier molecular flexibility index (Phi) is 3.46. The molecule has 4 heteroatoms. The lowest BCUT2D eigenvalue weighted by atomic mass is 9.46. The fraction of sp³-hybridized carbons (Fsp3) is 0.952. The number of hydrogen-bond donors (Lipinski definition) is 1. The molecule has 0 aromatic rings. The molecule has 1 saturated heterocycles. The van der Waals surface area contributed by atoms with Gasteiger partial charge in [-0.05, 0) is 68.6 Å². The van der Waals surface area contributed by atoms with Crippen LogP contribution in [0.4, 0.5) is 0 Å². The Bertz CT molecular complexity index is 560. The smallest absolute Gasteiger partial charge is 0.243 e. The Balaban J connectivity index is 1.40. The van der Waals surface area contributed by atoms with Gasteiger partial charge in [-0.2, -0.15) is 0 Å². The van der Waals surface area contributed by atoms with Crippen molar-refractivity contribution < 1.29 is 9.53 Å². The zero-order valence-electron chi connectivity index (χ0n) is 16.0. The molecule has 140 valence electrons. The molecule has 6 aliphatic rings. The average molecular weight is 347 g/mol. The van der Waals surface area contributed by atoms with E-state index in [4.69, 9.17) is 10.5 Å². The quantitative estimate of drug-likeness (QED) is 0.836. The standard InChI is InChI=1S/C21H34N2O2/c1-20(2)18-16(5-4-6-25-18)21(20,22)19(24)23(3)17-14-8-12-7-13(10-14)11-15(17)9-12/h12-18H,4-11,22H2,1-3H3. The Labute approximate surface area is 151 Å². The van der Waals surface area contributed by atoms with Crippen molar-refractivity contribution >= 4 is 5.91 Å². The van der Waals surface area contributed by atoms with Gasteiger partial charge < -0.3 is 15.4 Å². The average Bonchev–Trinajstić information content (AvgIpc) is 2.59. The molecule has 25 heavy (non-hydrogen) atoms. The van der Waals surface area contributed by atoms with E-state index in [9.17, 15) is 4.79 Å². The summed E-state index contributed by atoms with van der Waals surface area (Å²) < 4.78 is 6.01. The molecule has 6 fully saturated rings. The molecule has 1 heterocycles. The number of nitrogens with zero attached hydrogens (tertiary/aromatic N) is 1. The molecule has 3 unspecified atom stereocenters. The van der Waals surface area contributed by atoms with Crippen LogP contribution in [0.15, 0.2) is 0 Å². The van der Waals surface area contributed by atoms with Gasteiger partial charge >= 0.3 is 0 Å². The van der Waals surface area contributed by atoms with E-state index in [0.717, 1.165) is 43.1 Å². The number of carbonyl (C=O) groups excluding carboxylic acids is 1. The summed E-state index contributed by atoms with van der Waals surface area (Å²) >= 11 is 0. The van der Waals surface area contributed by atoms with Crippen molar-refractivity contribution in [3.63, 3.8) is 0 Å². The normalized spacial score (nSPS) is 52.4. The maximum atomic E-state index is 13.7. The first-order valence-corrected chi connectivity index (χ1v) is 10.5. The number of ether oxygens (including phenoxy) is 1. The lowest BCUT2D eigenvalue weighted by Crippen LogP contribution is -2.83. The summed E-state index contributed by atoms with van der Waals surface area (Å²) in [6.07, 6.45) is 9.03. The SMILES string of the molecule is CN(C(=O)C1(N)C2CCCOC2C1(C)C)C1C2CC3CC(C2)CC1C3. The molecule has 0 radical (unpaired) electrons. The molecular weight excluding hydrogens is 312 g/mol. The van der Waals surface area contributed by atoms with Crippen LogP contribution in [0.5, 0.6) is 0 Å². The highest BCUT2D eigenvalue weighted by molar-refractivity contribution is 5.89. The van der Waals surface area contributed by atoms with Gasteiger partial charge in [-0.1, -0.05) is 13.8 Å². The molecule has 0 aromatic heterocycles. The van der Waals surface area contributed by atoms with Crippen LogP contribution in [-0.2, 0) is 9.53 Å². The minimum absolute atomic E-state index is 0.155. The summed E-state index contributed by atoms with van der Waals surface area (Å²) in [6, 6.07) is 0.431. The molecule has 3 atom stereocenters. The van der Waals surface area contributed by atoms with E-state index in [-0.39, 0.29) is 23.3 Å². The third kappa shape index (κ3) is 1.99.